The van der Waals surface area contributed by atoms with Crippen LogP contribution in [0.3, 0.4) is 0 Å². The highest BCUT2D eigenvalue weighted by atomic mass is 32.2. The van der Waals surface area contributed by atoms with Gasteiger partial charge in [-0.1, -0.05) is 12.1 Å². The number of hydrogen-bond acceptors (Lipinski definition) is 9. The molecule has 45 heavy (non-hydrogen) atoms. The standard InChI is InChI=1S/C30H39F3N6O5S/c1-29(2,3)44-28(40)39-15-19(12-20(16-39)43-17-18-8-10-34-11-9-18)37-27-36-14-23(30(31,32)33)25(38-27)22-13-35-26-21(22)6-5-7-24(26)45(4,41)42/h5-7,13-14,18-20,34-35H,8-12,15-17H2,1-4H3,(H,36,37,38)/t19-,20+/m0/s1. The molecule has 0 bridgehead atoms. The fraction of sp³-hybridized carbons (Fsp3) is 0.567. The smallest absolute Gasteiger partial charge is 0.419 e. The van der Waals surface area contributed by atoms with Crippen LogP contribution >= 0.6 is 0 Å². The lowest BCUT2D eigenvalue weighted by Gasteiger charge is -2.39. The summed E-state index contributed by atoms with van der Waals surface area (Å²) >= 11 is 0. The van der Waals surface area contributed by atoms with Gasteiger partial charge in [0.2, 0.25) is 5.95 Å². The number of carbonyl (C=O) groups excluding carboxylic acids is 1. The normalized spacial score (nSPS) is 20.4. The van der Waals surface area contributed by atoms with E-state index < -0.39 is 45.0 Å². The summed E-state index contributed by atoms with van der Waals surface area (Å²) in [7, 11) is -3.66. The number of H-pyrrole nitrogens is 1. The van der Waals surface area contributed by atoms with Crippen LogP contribution in [-0.2, 0) is 25.5 Å². The largest absolute Gasteiger partial charge is 0.444 e. The zero-order valence-electron chi connectivity index (χ0n) is 25.7. The van der Waals surface area contributed by atoms with Crippen molar-refractivity contribution >= 4 is 32.8 Å². The summed E-state index contributed by atoms with van der Waals surface area (Å²) in [5, 5.41) is 6.73. The minimum Gasteiger partial charge on any atom is -0.444 e. The highest BCUT2D eigenvalue weighted by Gasteiger charge is 2.38. The van der Waals surface area contributed by atoms with Crippen LogP contribution in [-0.4, -0.2) is 91.2 Å². The minimum absolute atomic E-state index is 0.0350. The van der Waals surface area contributed by atoms with Crippen molar-refractivity contribution in [3.8, 4) is 11.3 Å². The first-order chi connectivity index (χ1) is 21.1. The molecule has 246 valence electrons. The van der Waals surface area contributed by atoms with E-state index in [1.807, 2.05) is 0 Å². The molecule has 1 aromatic carbocycles. The Morgan fingerprint density at radius 3 is 2.56 bits per heavy atom. The van der Waals surface area contributed by atoms with Crippen molar-refractivity contribution < 1.29 is 35.9 Å². The number of nitrogens with one attached hydrogen (secondary N) is 3. The summed E-state index contributed by atoms with van der Waals surface area (Å²) in [4.78, 5) is 25.7. The summed E-state index contributed by atoms with van der Waals surface area (Å²) in [6.07, 6.45) is -0.122. The van der Waals surface area contributed by atoms with Crippen molar-refractivity contribution in [3.05, 3.63) is 36.2 Å². The predicted molar refractivity (Wildman–Crippen MR) is 163 cm³/mol. The van der Waals surface area contributed by atoms with Crippen LogP contribution in [0.1, 0.15) is 45.6 Å². The number of hydrogen-bond donors (Lipinski definition) is 3. The summed E-state index contributed by atoms with van der Waals surface area (Å²) in [6, 6.07) is 3.95. The minimum atomic E-state index is -4.78. The number of benzene rings is 1. The van der Waals surface area contributed by atoms with Crippen LogP contribution in [0.15, 0.2) is 35.5 Å². The third kappa shape index (κ3) is 8.05. The van der Waals surface area contributed by atoms with Crippen molar-refractivity contribution in [1.29, 1.82) is 0 Å². The van der Waals surface area contributed by atoms with Crippen LogP contribution in [0.2, 0.25) is 0 Å². The Morgan fingerprint density at radius 2 is 1.89 bits per heavy atom. The molecule has 2 saturated heterocycles. The molecule has 0 saturated carbocycles. The highest BCUT2D eigenvalue weighted by molar-refractivity contribution is 7.91. The van der Waals surface area contributed by atoms with Gasteiger partial charge in [-0.25, -0.2) is 23.2 Å². The number of piperidine rings is 2. The van der Waals surface area contributed by atoms with Crippen molar-refractivity contribution in [1.82, 2.24) is 25.2 Å². The number of alkyl halides is 3. The van der Waals surface area contributed by atoms with Gasteiger partial charge in [-0.15, -0.1) is 0 Å². The van der Waals surface area contributed by atoms with Crippen molar-refractivity contribution in [3.63, 3.8) is 0 Å². The summed E-state index contributed by atoms with van der Waals surface area (Å²) in [5.74, 6) is 0.328. The molecular formula is C30H39F3N6O5S. The molecule has 4 heterocycles. The lowest BCUT2D eigenvalue weighted by atomic mass is 9.98. The number of nitrogens with zero attached hydrogens (tertiary/aromatic N) is 3. The number of rotatable bonds is 7. The molecule has 0 spiro atoms. The Balaban J connectivity index is 1.44. The van der Waals surface area contributed by atoms with Gasteiger partial charge in [0.15, 0.2) is 9.84 Å². The monoisotopic (exact) mass is 652 g/mol. The fourth-order valence-electron chi connectivity index (χ4n) is 5.75. The Labute approximate surface area is 260 Å². The second-order valence-electron chi connectivity index (χ2n) is 12.7. The topological polar surface area (TPSA) is 139 Å². The number of likely N-dealkylation sites (tertiary alicyclic amines) is 1. The van der Waals surface area contributed by atoms with E-state index in [-0.39, 0.29) is 40.0 Å². The number of fused-ring (bicyclic) bond motifs is 1. The lowest BCUT2D eigenvalue weighted by molar-refractivity contribution is -0.137. The average Bonchev–Trinajstić information content (AvgIpc) is 3.39. The second-order valence-corrected chi connectivity index (χ2v) is 14.7. The number of para-hydroxylation sites is 1. The zero-order valence-corrected chi connectivity index (χ0v) is 26.5. The van der Waals surface area contributed by atoms with Gasteiger partial charge in [0.1, 0.15) is 11.2 Å². The first-order valence-corrected chi connectivity index (χ1v) is 16.8. The number of aromatic nitrogens is 3. The highest BCUT2D eigenvalue weighted by Crippen LogP contribution is 2.39. The second kappa shape index (κ2) is 12.8. The van der Waals surface area contributed by atoms with E-state index >= 15 is 0 Å². The number of ether oxygens (including phenoxy) is 2. The number of halogens is 3. The van der Waals surface area contributed by atoms with Crippen molar-refractivity contribution in [2.45, 2.75) is 68.9 Å². The predicted octanol–water partition coefficient (Wildman–Crippen LogP) is 4.85. The van der Waals surface area contributed by atoms with Gasteiger partial charge < -0.3 is 30.0 Å². The maximum Gasteiger partial charge on any atom is 0.419 e. The molecule has 0 aliphatic carbocycles. The number of anilines is 1. The van der Waals surface area contributed by atoms with Gasteiger partial charge in [0.25, 0.3) is 0 Å². The van der Waals surface area contributed by atoms with Crippen molar-refractivity contribution in [2.24, 2.45) is 5.92 Å². The summed E-state index contributed by atoms with van der Waals surface area (Å²) < 4.78 is 79.1. The Bertz CT molecular complexity index is 1630. The summed E-state index contributed by atoms with van der Waals surface area (Å²) in [5.41, 5.74) is -1.93. The third-order valence-corrected chi connectivity index (χ3v) is 8.99. The van der Waals surface area contributed by atoms with Crippen LogP contribution in [0, 0.1) is 5.92 Å². The number of carbonyl (C=O) groups is 1. The Hall–Kier alpha value is -3.43. The van der Waals surface area contributed by atoms with Gasteiger partial charge in [-0.2, -0.15) is 13.2 Å². The zero-order chi connectivity index (χ0) is 32.6. The van der Waals surface area contributed by atoms with Crippen LogP contribution in [0.5, 0.6) is 0 Å². The molecular weight excluding hydrogens is 613 g/mol. The van der Waals surface area contributed by atoms with E-state index in [2.05, 4.69) is 25.6 Å². The maximum atomic E-state index is 14.2. The molecule has 2 aliphatic heterocycles. The first kappa shape index (κ1) is 32.9. The van der Waals surface area contributed by atoms with E-state index in [1.54, 1.807) is 20.8 Å². The molecule has 5 rings (SSSR count). The molecule has 2 aliphatic rings. The molecule has 2 fully saturated rings. The van der Waals surface area contributed by atoms with Crippen LogP contribution in [0.25, 0.3) is 22.2 Å². The van der Waals surface area contributed by atoms with Gasteiger partial charge in [0, 0.05) is 48.8 Å². The lowest BCUT2D eigenvalue weighted by Crippen LogP contribution is -2.53. The van der Waals surface area contributed by atoms with Gasteiger partial charge in [-0.05, 0) is 65.1 Å². The molecule has 11 nitrogen and oxygen atoms in total. The third-order valence-electron chi connectivity index (χ3n) is 7.85. The van der Waals surface area contributed by atoms with E-state index in [9.17, 15) is 26.4 Å². The van der Waals surface area contributed by atoms with Crippen molar-refractivity contribution in [2.75, 3.05) is 44.4 Å². The molecule has 2 atom stereocenters. The molecule has 1 amide bonds. The molecule has 2 aromatic heterocycles. The molecule has 3 N–H and O–H groups in total. The van der Waals surface area contributed by atoms with E-state index in [4.69, 9.17) is 9.47 Å². The van der Waals surface area contributed by atoms with E-state index in [1.165, 1.54) is 29.3 Å². The number of aromatic amines is 1. The van der Waals surface area contributed by atoms with E-state index in [0.717, 1.165) is 32.2 Å². The quantitative estimate of drug-likeness (QED) is 0.327. The number of sulfone groups is 1. The number of amides is 1. The molecule has 3 aromatic rings. The summed E-state index contributed by atoms with van der Waals surface area (Å²) in [6.45, 7) is 8.23. The van der Waals surface area contributed by atoms with Crippen LogP contribution < -0.4 is 10.6 Å². The molecule has 15 heteroatoms. The maximum absolute atomic E-state index is 14.2. The Kier molecular flexibility index (Phi) is 9.34. The molecule has 0 radical (unpaired) electrons. The molecule has 0 unspecified atom stereocenters. The SMILES string of the molecule is CC(C)(C)OC(=O)N1C[C@@H](Nc2ncc(C(F)(F)F)c(-c3c[nH]c4c(S(C)(=O)=O)cccc34)n2)C[C@@H](OCC2CCNCC2)C1. The van der Waals surface area contributed by atoms with Gasteiger partial charge in [0.05, 0.1) is 28.8 Å². The average molecular weight is 653 g/mol. The Morgan fingerprint density at radius 1 is 1.16 bits per heavy atom. The van der Waals surface area contributed by atoms with Gasteiger partial charge >= 0.3 is 12.3 Å². The first-order valence-electron chi connectivity index (χ1n) is 14.9. The van der Waals surface area contributed by atoms with E-state index in [0.29, 0.717) is 31.7 Å². The van der Waals surface area contributed by atoms with Gasteiger partial charge in [-0.3, -0.25) is 0 Å². The van der Waals surface area contributed by atoms with Crippen LogP contribution in [0.4, 0.5) is 23.9 Å². The fourth-order valence-corrected chi connectivity index (χ4v) is 6.62.